The fraction of sp³-hybridized carbons (Fsp3) is 0.462. The van der Waals surface area contributed by atoms with Crippen molar-refractivity contribution in [2.75, 3.05) is 11.5 Å². The van der Waals surface area contributed by atoms with Crippen LogP contribution in [-0.4, -0.2) is 34.2 Å². The lowest BCUT2D eigenvalue weighted by molar-refractivity contribution is -0.120. The van der Waals surface area contributed by atoms with Gasteiger partial charge in [-0.3, -0.25) is 4.79 Å². The minimum absolute atomic E-state index is 0.0225. The number of halogens is 1. The van der Waals surface area contributed by atoms with E-state index in [9.17, 15) is 21.6 Å². The number of aryl methyl sites for hydroxylation is 1. The van der Waals surface area contributed by atoms with Crippen LogP contribution in [0, 0.1) is 12.8 Å². The molecule has 9 heteroatoms. The van der Waals surface area contributed by atoms with E-state index in [0.717, 1.165) is 0 Å². The molecule has 22 heavy (non-hydrogen) atoms. The molecule has 1 N–H and O–H groups in total. The monoisotopic (exact) mass is 409 g/mol. The summed E-state index contributed by atoms with van der Waals surface area (Å²) in [5.41, 5.74) is 0.520. The second-order valence-corrected chi connectivity index (χ2v) is 10.2. The van der Waals surface area contributed by atoms with E-state index in [1.54, 1.807) is 19.1 Å². The van der Waals surface area contributed by atoms with E-state index in [1.807, 2.05) is 4.72 Å². The Labute approximate surface area is 138 Å². The molecule has 6 nitrogen and oxygen atoms in total. The summed E-state index contributed by atoms with van der Waals surface area (Å²) >= 11 is 3.19. The van der Waals surface area contributed by atoms with E-state index < -0.39 is 25.8 Å². The molecule has 1 aromatic rings. The number of hydrogen-bond donors (Lipinski definition) is 1. The van der Waals surface area contributed by atoms with Crippen molar-refractivity contribution in [1.82, 2.24) is 4.72 Å². The highest BCUT2D eigenvalue weighted by Gasteiger charge is 2.30. The summed E-state index contributed by atoms with van der Waals surface area (Å²) in [6.45, 7) is 1.63. The van der Waals surface area contributed by atoms with E-state index in [1.165, 1.54) is 6.07 Å². The quantitative estimate of drug-likeness (QED) is 0.809. The third kappa shape index (κ3) is 4.30. The minimum Gasteiger partial charge on any atom is -0.274 e. The van der Waals surface area contributed by atoms with Crippen molar-refractivity contribution in [3.63, 3.8) is 0 Å². The lowest BCUT2D eigenvalue weighted by Crippen LogP contribution is -2.32. The SMILES string of the molecule is Cc1ccc(Br)cc1S(=O)(=O)NC(=O)C[C@@H]1CCS(=O)(=O)C1. The molecule has 1 aliphatic heterocycles. The van der Waals surface area contributed by atoms with Crippen LogP contribution in [0.5, 0.6) is 0 Å². The van der Waals surface area contributed by atoms with Crippen LogP contribution in [0.4, 0.5) is 0 Å². The Hall–Kier alpha value is -0.930. The molecule has 1 atom stereocenters. The molecule has 0 aromatic heterocycles. The fourth-order valence-corrected chi connectivity index (χ4v) is 6.05. The Balaban J connectivity index is 2.09. The zero-order valence-corrected chi connectivity index (χ0v) is 15.1. The van der Waals surface area contributed by atoms with Gasteiger partial charge in [-0.05, 0) is 37.0 Å². The van der Waals surface area contributed by atoms with Gasteiger partial charge in [0, 0.05) is 10.9 Å². The first-order valence-electron chi connectivity index (χ1n) is 6.61. The number of carbonyl (C=O) groups excluding carboxylic acids is 1. The van der Waals surface area contributed by atoms with Gasteiger partial charge in [0.15, 0.2) is 9.84 Å². The summed E-state index contributed by atoms with van der Waals surface area (Å²) in [6, 6.07) is 4.76. The normalized spacial score (nSPS) is 20.7. The average Bonchev–Trinajstić information content (AvgIpc) is 2.70. The topological polar surface area (TPSA) is 97.4 Å². The second kappa shape index (κ2) is 6.29. The van der Waals surface area contributed by atoms with E-state index in [4.69, 9.17) is 0 Å². The van der Waals surface area contributed by atoms with Crippen LogP contribution in [0.25, 0.3) is 0 Å². The molecule has 0 spiro atoms. The van der Waals surface area contributed by atoms with Gasteiger partial charge in [-0.2, -0.15) is 0 Å². The third-order valence-electron chi connectivity index (χ3n) is 3.49. The van der Waals surface area contributed by atoms with Gasteiger partial charge < -0.3 is 0 Å². The number of amides is 1. The number of hydrogen-bond acceptors (Lipinski definition) is 5. The van der Waals surface area contributed by atoms with Crippen LogP contribution in [-0.2, 0) is 24.7 Å². The molecule has 0 bridgehead atoms. The number of rotatable bonds is 4. The highest BCUT2D eigenvalue weighted by molar-refractivity contribution is 9.10. The smallest absolute Gasteiger partial charge is 0.264 e. The van der Waals surface area contributed by atoms with Gasteiger partial charge >= 0.3 is 0 Å². The largest absolute Gasteiger partial charge is 0.274 e. The highest BCUT2D eigenvalue weighted by atomic mass is 79.9. The summed E-state index contributed by atoms with van der Waals surface area (Å²) in [5.74, 6) is -0.996. The van der Waals surface area contributed by atoms with Crippen LogP contribution in [0.3, 0.4) is 0 Å². The summed E-state index contributed by atoms with van der Waals surface area (Å²) in [6.07, 6.45) is 0.289. The number of nitrogens with one attached hydrogen (secondary N) is 1. The van der Waals surface area contributed by atoms with E-state index >= 15 is 0 Å². The molecule has 2 rings (SSSR count). The van der Waals surface area contributed by atoms with Gasteiger partial charge in [0.25, 0.3) is 10.0 Å². The average molecular weight is 410 g/mol. The molecule has 1 aromatic carbocycles. The van der Waals surface area contributed by atoms with Crippen LogP contribution in [0.1, 0.15) is 18.4 Å². The molecule has 1 fully saturated rings. The number of benzene rings is 1. The molecule has 1 heterocycles. The zero-order chi connectivity index (χ0) is 16.5. The van der Waals surface area contributed by atoms with Crippen molar-refractivity contribution in [3.05, 3.63) is 28.2 Å². The molecule has 1 amide bonds. The molecule has 0 unspecified atom stereocenters. The third-order valence-corrected chi connectivity index (χ3v) is 7.33. The lowest BCUT2D eigenvalue weighted by atomic mass is 10.1. The molecule has 1 saturated heterocycles. The summed E-state index contributed by atoms with van der Waals surface area (Å²) in [5, 5.41) is 0. The first-order chi connectivity index (χ1) is 10.1. The van der Waals surface area contributed by atoms with Crippen LogP contribution in [0.2, 0.25) is 0 Å². The first kappa shape index (κ1) is 17.4. The number of sulfone groups is 1. The summed E-state index contributed by atoms with van der Waals surface area (Å²) in [4.78, 5) is 11.9. The second-order valence-electron chi connectivity index (χ2n) is 5.41. The maximum atomic E-state index is 12.2. The van der Waals surface area contributed by atoms with Crippen molar-refractivity contribution < 1.29 is 21.6 Å². The Kier molecular flexibility index (Phi) is 4.98. The van der Waals surface area contributed by atoms with Gasteiger partial charge in [-0.15, -0.1) is 0 Å². The molecule has 1 aliphatic rings. The Morgan fingerprint density at radius 3 is 2.68 bits per heavy atom. The van der Waals surface area contributed by atoms with Crippen molar-refractivity contribution in [1.29, 1.82) is 0 Å². The fourth-order valence-electron chi connectivity index (χ4n) is 2.41. The molecule has 0 saturated carbocycles. The number of carbonyl (C=O) groups is 1. The van der Waals surface area contributed by atoms with E-state index in [0.29, 0.717) is 16.5 Å². The number of sulfonamides is 1. The summed E-state index contributed by atoms with van der Waals surface area (Å²) < 4.78 is 49.8. The predicted molar refractivity (Wildman–Crippen MR) is 85.6 cm³/mol. The molecule has 0 radical (unpaired) electrons. The van der Waals surface area contributed by atoms with Gasteiger partial charge in [-0.1, -0.05) is 22.0 Å². The van der Waals surface area contributed by atoms with Crippen molar-refractivity contribution in [3.8, 4) is 0 Å². The van der Waals surface area contributed by atoms with Crippen LogP contribution in [0.15, 0.2) is 27.6 Å². The maximum Gasteiger partial charge on any atom is 0.264 e. The van der Waals surface area contributed by atoms with Gasteiger partial charge in [0.1, 0.15) is 0 Å². The Morgan fingerprint density at radius 1 is 1.41 bits per heavy atom. The maximum absolute atomic E-state index is 12.2. The Bertz CT molecular complexity index is 802. The van der Waals surface area contributed by atoms with Crippen molar-refractivity contribution in [2.45, 2.75) is 24.7 Å². The molecule has 122 valence electrons. The predicted octanol–water partition coefficient (Wildman–Crippen LogP) is 1.39. The van der Waals surface area contributed by atoms with Crippen LogP contribution < -0.4 is 4.72 Å². The summed E-state index contributed by atoms with van der Waals surface area (Å²) in [7, 11) is -7.05. The Morgan fingerprint density at radius 2 is 2.09 bits per heavy atom. The molecular weight excluding hydrogens is 394 g/mol. The van der Waals surface area contributed by atoms with Crippen LogP contribution >= 0.6 is 15.9 Å². The molecule has 0 aliphatic carbocycles. The van der Waals surface area contributed by atoms with Crippen molar-refractivity contribution in [2.24, 2.45) is 5.92 Å². The van der Waals surface area contributed by atoms with Gasteiger partial charge in [0.2, 0.25) is 5.91 Å². The lowest BCUT2D eigenvalue weighted by Gasteiger charge is -2.11. The first-order valence-corrected chi connectivity index (χ1v) is 10.7. The van der Waals surface area contributed by atoms with E-state index in [2.05, 4.69) is 15.9 Å². The highest BCUT2D eigenvalue weighted by Crippen LogP contribution is 2.23. The zero-order valence-electron chi connectivity index (χ0n) is 11.9. The van der Waals surface area contributed by atoms with Gasteiger partial charge in [0.05, 0.1) is 16.4 Å². The van der Waals surface area contributed by atoms with Crippen molar-refractivity contribution >= 4 is 41.7 Å². The standard InChI is InChI=1S/C13H16BrNO5S2/c1-9-2-3-11(14)7-12(9)22(19,20)15-13(16)6-10-4-5-21(17,18)8-10/h2-3,7,10H,4-6,8H2,1H3,(H,15,16)/t10-/m0/s1. The molecular formula is C13H16BrNO5S2. The minimum atomic E-state index is -3.96. The van der Waals surface area contributed by atoms with E-state index in [-0.39, 0.29) is 28.7 Å². The van der Waals surface area contributed by atoms with Gasteiger partial charge in [-0.25, -0.2) is 21.6 Å².